The van der Waals surface area contributed by atoms with Crippen molar-refractivity contribution >= 4 is 5.91 Å². The Kier molecular flexibility index (Phi) is 3.51. The third-order valence-corrected chi connectivity index (χ3v) is 3.31. The number of halogens is 3. The van der Waals surface area contributed by atoms with Gasteiger partial charge in [-0.2, -0.15) is 18.2 Å². The van der Waals surface area contributed by atoms with Crippen molar-refractivity contribution in [1.82, 2.24) is 25.0 Å². The third kappa shape index (κ3) is 2.76. The van der Waals surface area contributed by atoms with E-state index >= 15 is 0 Å². The number of carbonyl (C=O) groups excluding carboxylic acids is 1. The Morgan fingerprint density at radius 1 is 1.36 bits per heavy atom. The van der Waals surface area contributed by atoms with Gasteiger partial charge in [0.05, 0.1) is 6.20 Å². The summed E-state index contributed by atoms with van der Waals surface area (Å²) < 4.78 is 41.5. The van der Waals surface area contributed by atoms with Crippen LogP contribution in [0.25, 0.3) is 0 Å². The number of amides is 1. The minimum Gasteiger partial charge on any atom is -0.337 e. The number of carbonyl (C=O) groups is 1. The van der Waals surface area contributed by atoms with Crippen molar-refractivity contribution in [3.05, 3.63) is 36.0 Å². The third-order valence-electron chi connectivity index (χ3n) is 3.31. The van der Waals surface area contributed by atoms with E-state index < -0.39 is 12.1 Å². The molecule has 2 aromatic rings. The molecule has 1 fully saturated rings. The number of aromatic nitrogens is 4. The molecule has 0 aromatic carbocycles. The molecular formula is C12H10F3N5O2. The maximum atomic E-state index is 12.4. The van der Waals surface area contributed by atoms with Crippen molar-refractivity contribution in [2.24, 2.45) is 0 Å². The number of hydrogen-bond acceptors (Lipinski definition) is 6. The summed E-state index contributed by atoms with van der Waals surface area (Å²) in [7, 11) is 0. The van der Waals surface area contributed by atoms with Crippen molar-refractivity contribution in [2.75, 3.05) is 13.1 Å². The van der Waals surface area contributed by atoms with Gasteiger partial charge in [-0.15, -0.1) is 0 Å². The topological polar surface area (TPSA) is 85.0 Å². The highest BCUT2D eigenvalue weighted by Gasteiger charge is 2.40. The largest absolute Gasteiger partial charge is 0.471 e. The van der Waals surface area contributed by atoms with Crippen LogP contribution in [0.3, 0.4) is 0 Å². The molecule has 0 N–H and O–H groups in total. The zero-order chi connectivity index (χ0) is 15.7. The summed E-state index contributed by atoms with van der Waals surface area (Å²) in [4.78, 5) is 24.7. The molecule has 0 bridgehead atoms. The molecule has 1 aliphatic heterocycles. The van der Waals surface area contributed by atoms with Gasteiger partial charge in [-0.25, -0.2) is 4.98 Å². The van der Waals surface area contributed by atoms with Gasteiger partial charge in [-0.1, -0.05) is 5.16 Å². The zero-order valence-electron chi connectivity index (χ0n) is 11.1. The normalized spacial score (nSPS) is 18.7. The van der Waals surface area contributed by atoms with E-state index in [1.165, 1.54) is 23.5 Å². The van der Waals surface area contributed by atoms with Crippen molar-refractivity contribution < 1.29 is 22.5 Å². The van der Waals surface area contributed by atoms with Gasteiger partial charge in [-0.3, -0.25) is 9.78 Å². The maximum Gasteiger partial charge on any atom is 0.471 e. The highest BCUT2D eigenvalue weighted by atomic mass is 19.4. The number of nitrogens with zero attached hydrogens (tertiary/aromatic N) is 5. The second kappa shape index (κ2) is 5.35. The van der Waals surface area contributed by atoms with Crippen LogP contribution in [0.1, 0.15) is 34.5 Å². The summed E-state index contributed by atoms with van der Waals surface area (Å²) in [5.41, 5.74) is 0.187. The van der Waals surface area contributed by atoms with E-state index in [4.69, 9.17) is 0 Å². The Hall–Kier alpha value is -2.52. The summed E-state index contributed by atoms with van der Waals surface area (Å²) >= 11 is 0. The summed E-state index contributed by atoms with van der Waals surface area (Å²) in [5, 5.41) is 3.36. The SMILES string of the molecule is O=C(c1cnccn1)N1CC[C@H](c2noc(C(F)(F)F)n2)C1. The molecule has 116 valence electrons. The molecule has 7 nitrogen and oxygen atoms in total. The van der Waals surface area contributed by atoms with E-state index in [1.54, 1.807) is 0 Å². The summed E-state index contributed by atoms with van der Waals surface area (Å²) in [6, 6.07) is 0. The monoisotopic (exact) mass is 313 g/mol. The van der Waals surface area contributed by atoms with Crippen LogP contribution < -0.4 is 0 Å². The van der Waals surface area contributed by atoms with E-state index in [9.17, 15) is 18.0 Å². The average molecular weight is 313 g/mol. The van der Waals surface area contributed by atoms with Crippen LogP contribution in [0.15, 0.2) is 23.1 Å². The Morgan fingerprint density at radius 3 is 2.82 bits per heavy atom. The maximum absolute atomic E-state index is 12.4. The van der Waals surface area contributed by atoms with E-state index in [2.05, 4.69) is 24.6 Å². The molecule has 0 saturated carbocycles. The molecule has 2 aromatic heterocycles. The van der Waals surface area contributed by atoms with Crippen LogP contribution in [-0.2, 0) is 6.18 Å². The minimum atomic E-state index is -4.67. The first-order chi connectivity index (χ1) is 10.4. The molecule has 3 heterocycles. The lowest BCUT2D eigenvalue weighted by molar-refractivity contribution is -0.159. The quantitative estimate of drug-likeness (QED) is 0.835. The van der Waals surface area contributed by atoms with Crippen LogP contribution in [-0.4, -0.2) is 44.0 Å². The van der Waals surface area contributed by atoms with E-state index in [-0.39, 0.29) is 29.9 Å². The predicted molar refractivity (Wildman–Crippen MR) is 64.6 cm³/mol. The minimum absolute atomic E-state index is 0.0400. The zero-order valence-corrected chi connectivity index (χ0v) is 11.1. The Balaban J connectivity index is 1.70. The molecule has 10 heteroatoms. The second-order valence-electron chi connectivity index (χ2n) is 4.78. The van der Waals surface area contributed by atoms with Gasteiger partial charge in [0.2, 0.25) is 0 Å². The fraction of sp³-hybridized carbons (Fsp3) is 0.417. The molecule has 0 unspecified atom stereocenters. The van der Waals surface area contributed by atoms with Gasteiger partial charge in [0.1, 0.15) is 5.69 Å². The van der Waals surface area contributed by atoms with Gasteiger partial charge >= 0.3 is 12.1 Å². The van der Waals surface area contributed by atoms with Gasteiger partial charge in [-0.05, 0) is 6.42 Å². The van der Waals surface area contributed by atoms with Gasteiger partial charge in [0.15, 0.2) is 5.82 Å². The van der Waals surface area contributed by atoms with Crippen molar-refractivity contribution in [2.45, 2.75) is 18.5 Å². The molecule has 3 rings (SSSR count). The molecule has 0 spiro atoms. The molecule has 1 saturated heterocycles. The molecule has 1 atom stereocenters. The number of hydrogen-bond donors (Lipinski definition) is 0. The van der Waals surface area contributed by atoms with Crippen molar-refractivity contribution in [3.63, 3.8) is 0 Å². The van der Waals surface area contributed by atoms with Crippen molar-refractivity contribution in [3.8, 4) is 0 Å². The van der Waals surface area contributed by atoms with Crippen LogP contribution in [0.2, 0.25) is 0 Å². The molecule has 1 aliphatic rings. The first-order valence-corrected chi connectivity index (χ1v) is 6.41. The summed E-state index contributed by atoms with van der Waals surface area (Å²) in [6.45, 7) is 0.599. The standard InChI is InChI=1S/C12H10F3N5O2/c13-12(14,15)11-18-9(19-22-11)7-1-4-20(6-7)10(21)8-5-16-2-3-17-8/h2-3,5,7H,1,4,6H2/t7-/m0/s1. The first-order valence-electron chi connectivity index (χ1n) is 6.41. The Bertz CT molecular complexity index is 673. The van der Waals surface area contributed by atoms with E-state index in [0.29, 0.717) is 13.0 Å². The fourth-order valence-corrected chi connectivity index (χ4v) is 2.24. The Labute approximate surface area is 122 Å². The summed E-state index contributed by atoms with van der Waals surface area (Å²) in [6.07, 6.45) is -0.0231. The highest BCUT2D eigenvalue weighted by Crippen LogP contribution is 2.31. The average Bonchev–Trinajstić information content (AvgIpc) is 3.15. The van der Waals surface area contributed by atoms with Crippen LogP contribution >= 0.6 is 0 Å². The van der Waals surface area contributed by atoms with Crippen LogP contribution in [0, 0.1) is 0 Å². The van der Waals surface area contributed by atoms with Crippen LogP contribution in [0.4, 0.5) is 13.2 Å². The second-order valence-corrected chi connectivity index (χ2v) is 4.78. The van der Waals surface area contributed by atoms with Crippen molar-refractivity contribution in [1.29, 1.82) is 0 Å². The fourth-order valence-electron chi connectivity index (χ4n) is 2.24. The number of likely N-dealkylation sites (tertiary alicyclic amines) is 1. The van der Waals surface area contributed by atoms with Crippen LogP contribution in [0.5, 0.6) is 0 Å². The summed E-state index contributed by atoms with van der Waals surface area (Å²) in [5.74, 6) is -2.13. The predicted octanol–water partition coefficient (Wildman–Crippen LogP) is 1.51. The number of rotatable bonds is 2. The smallest absolute Gasteiger partial charge is 0.337 e. The number of alkyl halides is 3. The van der Waals surface area contributed by atoms with E-state index in [0.717, 1.165) is 0 Å². The lowest BCUT2D eigenvalue weighted by Crippen LogP contribution is -2.29. The van der Waals surface area contributed by atoms with Gasteiger partial charge in [0, 0.05) is 31.4 Å². The van der Waals surface area contributed by atoms with Gasteiger partial charge in [0.25, 0.3) is 5.91 Å². The molecule has 0 radical (unpaired) electrons. The highest BCUT2D eigenvalue weighted by molar-refractivity contribution is 5.92. The molecule has 22 heavy (non-hydrogen) atoms. The van der Waals surface area contributed by atoms with Gasteiger partial charge < -0.3 is 9.42 Å². The molecule has 1 amide bonds. The lowest BCUT2D eigenvalue weighted by Gasteiger charge is -2.14. The Morgan fingerprint density at radius 2 is 2.18 bits per heavy atom. The first kappa shape index (κ1) is 14.4. The molecular weight excluding hydrogens is 303 g/mol. The molecule has 0 aliphatic carbocycles. The lowest BCUT2D eigenvalue weighted by atomic mass is 10.1. The van der Waals surface area contributed by atoms with E-state index in [1.807, 2.05) is 0 Å².